The van der Waals surface area contributed by atoms with E-state index in [1.54, 1.807) is 23.7 Å². The highest BCUT2D eigenvalue weighted by molar-refractivity contribution is 7.13. The molecule has 1 aliphatic rings. The second-order valence-electron chi connectivity index (χ2n) is 8.02. The van der Waals surface area contributed by atoms with Crippen molar-refractivity contribution < 1.29 is 13.6 Å². The van der Waals surface area contributed by atoms with E-state index in [4.69, 9.17) is 4.42 Å². The summed E-state index contributed by atoms with van der Waals surface area (Å²) in [6.45, 7) is 2.53. The van der Waals surface area contributed by atoms with E-state index in [1.165, 1.54) is 17.4 Å². The molecule has 4 aromatic rings. The number of aromatic amines is 1. The SMILES string of the molecule is Cc1ncsc1-c1nnc(C2CCC(CNC(=O)c3cc4c(F)cccc4[nH]3)CC2)o1. The quantitative estimate of drug-likeness (QED) is 0.464. The summed E-state index contributed by atoms with van der Waals surface area (Å²) in [7, 11) is 0. The molecular weight excluding hydrogens is 417 g/mol. The topological polar surface area (TPSA) is 96.7 Å². The summed E-state index contributed by atoms with van der Waals surface area (Å²) in [5.74, 6) is 1.33. The minimum absolute atomic E-state index is 0.209. The zero-order chi connectivity index (χ0) is 21.4. The lowest BCUT2D eigenvalue weighted by molar-refractivity contribution is 0.0938. The first-order valence-electron chi connectivity index (χ1n) is 10.4. The number of nitrogens with zero attached hydrogens (tertiary/aromatic N) is 3. The van der Waals surface area contributed by atoms with Crippen LogP contribution in [0.4, 0.5) is 4.39 Å². The van der Waals surface area contributed by atoms with Crippen LogP contribution in [0.25, 0.3) is 21.7 Å². The largest absolute Gasteiger partial charge is 0.420 e. The number of benzene rings is 1. The van der Waals surface area contributed by atoms with Gasteiger partial charge in [-0.3, -0.25) is 4.79 Å². The number of aromatic nitrogens is 4. The Kier molecular flexibility index (Phi) is 5.27. The first kappa shape index (κ1) is 19.9. The summed E-state index contributed by atoms with van der Waals surface area (Å²) < 4.78 is 19.8. The third kappa shape index (κ3) is 3.97. The summed E-state index contributed by atoms with van der Waals surface area (Å²) in [6, 6.07) is 6.34. The zero-order valence-electron chi connectivity index (χ0n) is 17.0. The average molecular weight is 440 g/mol. The number of aryl methyl sites for hydroxylation is 1. The van der Waals surface area contributed by atoms with Gasteiger partial charge in [-0.2, -0.15) is 0 Å². The maximum absolute atomic E-state index is 13.8. The molecule has 1 fully saturated rings. The number of rotatable bonds is 5. The Balaban J connectivity index is 1.15. The van der Waals surface area contributed by atoms with Crippen molar-refractivity contribution in [1.82, 2.24) is 25.5 Å². The lowest BCUT2D eigenvalue weighted by Crippen LogP contribution is -2.31. The molecule has 1 aliphatic carbocycles. The highest BCUT2D eigenvalue weighted by Crippen LogP contribution is 2.36. The van der Waals surface area contributed by atoms with Crippen molar-refractivity contribution in [3.05, 3.63) is 52.9 Å². The average Bonchev–Trinajstić information content (AvgIpc) is 3.52. The fraction of sp³-hybridized carbons (Fsp3) is 0.364. The van der Waals surface area contributed by atoms with E-state index in [0.29, 0.717) is 40.8 Å². The molecule has 0 radical (unpaired) electrons. The van der Waals surface area contributed by atoms with Crippen molar-refractivity contribution in [3.8, 4) is 10.8 Å². The van der Waals surface area contributed by atoms with Gasteiger partial charge in [0.05, 0.1) is 11.2 Å². The fourth-order valence-electron chi connectivity index (χ4n) is 4.18. The summed E-state index contributed by atoms with van der Waals surface area (Å²) in [5.41, 5.74) is 3.68. The Hall–Kier alpha value is -3.07. The van der Waals surface area contributed by atoms with Gasteiger partial charge < -0.3 is 14.7 Å². The van der Waals surface area contributed by atoms with E-state index in [-0.39, 0.29) is 17.6 Å². The van der Waals surface area contributed by atoms with Gasteiger partial charge in [0.2, 0.25) is 5.89 Å². The number of hydrogen-bond acceptors (Lipinski definition) is 6. The maximum Gasteiger partial charge on any atom is 0.267 e. The molecule has 3 aromatic heterocycles. The Morgan fingerprint density at radius 3 is 2.87 bits per heavy atom. The second-order valence-corrected chi connectivity index (χ2v) is 8.88. The molecule has 1 saturated carbocycles. The van der Waals surface area contributed by atoms with E-state index in [1.807, 2.05) is 6.92 Å². The van der Waals surface area contributed by atoms with Crippen molar-refractivity contribution in [1.29, 1.82) is 0 Å². The van der Waals surface area contributed by atoms with Crippen LogP contribution in [0, 0.1) is 18.7 Å². The number of carbonyl (C=O) groups is 1. The van der Waals surface area contributed by atoms with E-state index >= 15 is 0 Å². The molecule has 1 amide bonds. The number of thiazole rings is 1. The Morgan fingerprint density at radius 2 is 2.13 bits per heavy atom. The third-order valence-electron chi connectivity index (χ3n) is 5.98. The van der Waals surface area contributed by atoms with Crippen molar-refractivity contribution >= 4 is 28.1 Å². The standard InChI is InChI=1S/C22H22FN5O2S/c1-12-19(31-11-25-12)22-28-27-21(30-22)14-7-5-13(6-8-14)10-24-20(29)18-9-15-16(23)3-2-4-17(15)26-18/h2-4,9,11,13-14,26H,5-8,10H2,1H3,(H,24,29). The van der Waals surface area contributed by atoms with Crippen LogP contribution < -0.4 is 5.32 Å². The number of carbonyl (C=O) groups excluding carboxylic acids is 1. The molecule has 0 bridgehead atoms. The van der Waals surface area contributed by atoms with E-state index in [9.17, 15) is 9.18 Å². The van der Waals surface area contributed by atoms with Crippen LogP contribution in [0.15, 0.2) is 34.2 Å². The Bertz CT molecular complexity index is 1220. The van der Waals surface area contributed by atoms with E-state index < -0.39 is 0 Å². The molecular formula is C22H22FN5O2S. The molecule has 31 heavy (non-hydrogen) atoms. The Labute approximate surface area is 182 Å². The van der Waals surface area contributed by atoms with Gasteiger partial charge in [-0.25, -0.2) is 9.37 Å². The van der Waals surface area contributed by atoms with Crippen molar-refractivity contribution in [3.63, 3.8) is 0 Å². The molecule has 2 N–H and O–H groups in total. The number of hydrogen-bond donors (Lipinski definition) is 2. The molecule has 9 heteroatoms. The van der Waals surface area contributed by atoms with Gasteiger partial charge in [0, 0.05) is 23.4 Å². The van der Waals surface area contributed by atoms with Gasteiger partial charge in [-0.1, -0.05) is 6.07 Å². The molecule has 0 spiro atoms. The highest BCUT2D eigenvalue weighted by atomic mass is 32.1. The first-order chi connectivity index (χ1) is 15.1. The number of nitrogens with one attached hydrogen (secondary N) is 2. The molecule has 0 atom stereocenters. The fourth-order valence-corrected chi connectivity index (χ4v) is 4.91. The van der Waals surface area contributed by atoms with Crippen LogP contribution in [-0.2, 0) is 0 Å². The lowest BCUT2D eigenvalue weighted by Gasteiger charge is -2.26. The van der Waals surface area contributed by atoms with Crippen LogP contribution in [-0.4, -0.2) is 32.6 Å². The van der Waals surface area contributed by atoms with Crippen LogP contribution in [0.3, 0.4) is 0 Å². The first-order valence-corrected chi connectivity index (χ1v) is 11.3. The predicted octanol–water partition coefficient (Wildman–Crippen LogP) is 4.83. The Morgan fingerprint density at radius 1 is 1.29 bits per heavy atom. The number of fused-ring (bicyclic) bond motifs is 1. The predicted molar refractivity (Wildman–Crippen MR) is 115 cm³/mol. The van der Waals surface area contributed by atoms with Gasteiger partial charge in [0.25, 0.3) is 11.8 Å². The van der Waals surface area contributed by atoms with Crippen LogP contribution in [0.5, 0.6) is 0 Å². The highest BCUT2D eigenvalue weighted by Gasteiger charge is 2.27. The van der Waals surface area contributed by atoms with Gasteiger partial charge in [0.1, 0.15) is 16.4 Å². The van der Waals surface area contributed by atoms with E-state index in [2.05, 4.69) is 25.5 Å². The maximum atomic E-state index is 13.8. The van der Waals surface area contributed by atoms with Crippen molar-refractivity contribution in [2.24, 2.45) is 5.92 Å². The normalized spacial score (nSPS) is 19.0. The number of amides is 1. The van der Waals surface area contributed by atoms with E-state index in [0.717, 1.165) is 36.3 Å². The third-order valence-corrected chi connectivity index (χ3v) is 6.90. The minimum Gasteiger partial charge on any atom is -0.420 e. The molecule has 7 nitrogen and oxygen atoms in total. The molecule has 5 rings (SSSR count). The smallest absolute Gasteiger partial charge is 0.267 e. The van der Waals surface area contributed by atoms with Crippen LogP contribution in [0.1, 0.15) is 53.7 Å². The monoisotopic (exact) mass is 439 g/mol. The summed E-state index contributed by atoms with van der Waals surface area (Å²) in [4.78, 5) is 20.6. The van der Waals surface area contributed by atoms with Gasteiger partial charge >= 0.3 is 0 Å². The summed E-state index contributed by atoms with van der Waals surface area (Å²) in [5, 5.41) is 11.9. The second kappa shape index (κ2) is 8.22. The zero-order valence-corrected chi connectivity index (χ0v) is 17.8. The van der Waals surface area contributed by atoms with Gasteiger partial charge in [-0.05, 0) is 56.7 Å². The molecule has 3 heterocycles. The van der Waals surface area contributed by atoms with Crippen LogP contribution in [0.2, 0.25) is 0 Å². The summed E-state index contributed by atoms with van der Waals surface area (Å²) >= 11 is 1.50. The van der Waals surface area contributed by atoms with Gasteiger partial charge in [0.15, 0.2) is 0 Å². The van der Waals surface area contributed by atoms with Crippen molar-refractivity contribution in [2.75, 3.05) is 6.54 Å². The molecule has 160 valence electrons. The molecule has 1 aromatic carbocycles. The molecule has 0 aliphatic heterocycles. The lowest BCUT2D eigenvalue weighted by atomic mass is 9.82. The minimum atomic E-state index is -0.333. The van der Waals surface area contributed by atoms with Crippen LogP contribution >= 0.6 is 11.3 Å². The summed E-state index contributed by atoms with van der Waals surface area (Å²) in [6.07, 6.45) is 3.84. The number of H-pyrrole nitrogens is 1. The number of halogens is 1. The molecule has 0 saturated heterocycles. The molecule has 0 unspecified atom stereocenters. The van der Waals surface area contributed by atoms with Gasteiger partial charge in [-0.15, -0.1) is 21.5 Å². The van der Waals surface area contributed by atoms with Crippen molar-refractivity contribution in [2.45, 2.75) is 38.5 Å².